The zero-order valence-corrected chi connectivity index (χ0v) is 18.7. The van der Waals surface area contributed by atoms with Gasteiger partial charge in [-0.05, 0) is 11.1 Å². The van der Waals surface area contributed by atoms with E-state index in [4.69, 9.17) is 5.11 Å². The monoisotopic (exact) mass is 496 g/mol. The fraction of sp³-hybridized carbons (Fsp3) is 0.409. The van der Waals surface area contributed by atoms with Crippen molar-refractivity contribution >= 4 is 35.9 Å². The zero-order valence-electron chi connectivity index (χ0n) is 18.7. The van der Waals surface area contributed by atoms with E-state index in [2.05, 4.69) is 6.58 Å². The molecule has 0 bridgehead atoms. The van der Waals surface area contributed by atoms with Crippen molar-refractivity contribution in [1.82, 2.24) is 9.80 Å². The molecule has 0 heterocycles. The van der Waals surface area contributed by atoms with E-state index < -0.39 is 87.1 Å². The molecule has 3 atom stereocenters. The molecule has 1 rings (SSSR count). The first kappa shape index (κ1) is 29.2. The van der Waals surface area contributed by atoms with Crippen LogP contribution in [0, 0.1) is 0 Å². The summed E-state index contributed by atoms with van der Waals surface area (Å²) in [5.41, 5.74) is 1.14. The minimum atomic E-state index is -1.74. The van der Waals surface area contributed by atoms with Gasteiger partial charge in [0, 0.05) is 13.1 Å². The summed E-state index contributed by atoms with van der Waals surface area (Å²) in [7, 11) is 0. The van der Waals surface area contributed by atoms with Crippen LogP contribution in [0.15, 0.2) is 30.8 Å². The Morgan fingerprint density at radius 1 is 0.800 bits per heavy atom. The average molecular weight is 496 g/mol. The number of aliphatic hydroxyl groups is 1. The van der Waals surface area contributed by atoms with Crippen LogP contribution in [0.3, 0.4) is 0 Å². The number of hydrogen-bond donors (Lipinski definition) is 6. The van der Waals surface area contributed by atoms with Gasteiger partial charge in [-0.25, -0.2) is 0 Å². The summed E-state index contributed by atoms with van der Waals surface area (Å²) in [5, 5.41) is 56.7. The Morgan fingerprint density at radius 3 is 1.71 bits per heavy atom. The molecule has 0 amide bonds. The van der Waals surface area contributed by atoms with Gasteiger partial charge >= 0.3 is 29.8 Å². The first-order chi connectivity index (χ1) is 16.4. The highest BCUT2D eigenvalue weighted by Gasteiger charge is 2.36. The molecule has 0 aliphatic rings. The molecule has 0 fully saturated rings. The molecular formula is C22H28N2O11. The fourth-order valence-electron chi connectivity index (χ4n) is 3.60. The Labute approximate surface area is 200 Å². The van der Waals surface area contributed by atoms with Gasteiger partial charge in [-0.15, -0.1) is 0 Å². The molecule has 1 aromatic rings. The highest BCUT2D eigenvalue weighted by Crippen LogP contribution is 2.25. The summed E-state index contributed by atoms with van der Waals surface area (Å²) in [6.07, 6.45) is -0.238. The normalized spacial score (nSPS) is 13.7. The SMILES string of the molecule is C=Cc1ccc(C(CO)N(CCN(CC(=O)O)C(CC(=O)O)C(=O)O)C(CC(=O)O)C(=O)O)cc1. The third kappa shape index (κ3) is 9.16. The van der Waals surface area contributed by atoms with Crippen LogP contribution in [-0.2, 0) is 24.0 Å². The smallest absolute Gasteiger partial charge is 0.321 e. The minimum absolute atomic E-state index is 0.393. The Kier molecular flexibility index (Phi) is 11.5. The summed E-state index contributed by atoms with van der Waals surface area (Å²) < 4.78 is 0. The Balaban J connectivity index is 3.43. The lowest BCUT2D eigenvalue weighted by Gasteiger charge is -2.37. The van der Waals surface area contributed by atoms with E-state index in [9.17, 15) is 49.5 Å². The van der Waals surface area contributed by atoms with Crippen molar-refractivity contribution in [3.8, 4) is 0 Å². The lowest BCUT2D eigenvalue weighted by atomic mass is 10.0. The summed E-state index contributed by atoms with van der Waals surface area (Å²) >= 11 is 0. The van der Waals surface area contributed by atoms with Crippen molar-refractivity contribution < 1.29 is 54.6 Å². The summed E-state index contributed by atoms with van der Waals surface area (Å²) in [5.74, 6) is -7.52. The molecule has 192 valence electrons. The van der Waals surface area contributed by atoms with Crippen LogP contribution in [0.4, 0.5) is 0 Å². The molecule has 6 N–H and O–H groups in total. The molecule has 13 nitrogen and oxygen atoms in total. The van der Waals surface area contributed by atoms with Crippen LogP contribution >= 0.6 is 0 Å². The molecule has 0 aromatic heterocycles. The average Bonchev–Trinajstić information content (AvgIpc) is 2.77. The standard InChI is InChI=1S/C22H28N2O11/c1-2-13-3-5-14(6-4-13)17(12-25)24(16(22(34)35)10-19(28)29)8-7-23(11-20(30)31)15(21(32)33)9-18(26)27/h2-6,15-17,25H,1,7-12H2,(H,26,27)(H,28,29)(H,30,31)(H,32,33)(H,34,35). The van der Waals surface area contributed by atoms with Crippen LogP contribution < -0.4 is 0 Å². The number of rotatable bonds is 17. The summed E-state index contributed by atoms with van der Waals surface area (Å²) in [4.78, 5) is 59.3. The lowest BCUT2D eigenvalue weighted by molar-refractivity contribution is -0.154. The van der Waals surface area contributed by atoms with Crippen LogP contribution in [0.2, 0.25) is 0 Å². The molecule has 1 aromatic carbocycles. The third-order valence-corrected chi connectivity index (χ3v) is 5.26. The quantitative estimate of drug-likeness (QED) is 0.166. The van der Waals surface area contributed by atoms with Gasteiger partial charge < -0.3 is 30.6 Å². The highest BCUT2D eigenvalue weighted by atomic mass is 16.4. The van der Waals surface area contributed by atoms with E-state index in [1.54, 1.807) is 30.3 Å². The number of aliphatic carboxylic acids is 5. The minimum Gasteiger partial charge on any atom is -0.481 e. The van der Waals surface area contributed by atoms with E-state index in [1.165, 1.54) is 0 Å². The first-order valence-electron chi connectivity index (χ1n) is 10.3. The van der Waals surface area contributed by atoms with Crippen LogP contribution in [0.25, 0.3) is 6.08 Å². The highest BCUT2D eigenvalue weighted by molar-refractivity contribution is 5.82. The number of nitrogens with zero attached hydrogens (tertiary/aromatic N) is 2. The maximum atomic E-state index is 12.0. The predicted molar refractivity (Wildman–Crippen MR) is 120 cm³/mol. The molecule has 3 unspecified atom stereocenters. The number of hydrogen-bond acceptors (Lipinski definition) is 8. The van der Waals surface area contributed by atoms with Gasteiger partial charge in [0.05, 0.1) is 32.0 Å². The summed E-state index contributed by atoms with van der Waals surface area (Å²) in [6, 6.07) is 1.96. The van der Waals surface area contributed by atoms with Crippen LogP contribution in [0.5, 0.6) is 0 Å². The van der Waals surface area contributed by atoms with Gasteiger partial charge in [-0.3, -0.25) is 33.8 Å². The maximum absolute atomic E-state index is 12.0. The number of carboxylic acid groups (broad SMARTS) is 5. The van der Waals surface area contributed by atoms with E-state index in [0.717, 1.165) is 15.4 Å². The van der Waals surface area contributed by atoms with Crippen molar-refractivity contribution in [3.63, 3.8) is 0 Å². The summed E-state index contributed by atoms with van der Waals surface area (Å²) in [6.45, 7) is 1.27. The molecule has 0 saturated heterocycles. The second kappa shape index (κ2) is 13.8. The second-order valence-electron chi connectivity index (χ2n) is 7.57. The number of benzene rings is 1. The van der Waals surface area contributed by atoms with Gasteiger partial charge in [0.2, 0.25) is 0 Å². The molecule has 13 heteroatoms. The number of carboxylic acids is 5. The Bertz CT molecular complexity index is 932. The zero-order chi connectivity index (χ0) is 26.7. The van der Waals surface area contributed by atoms with Crippen LogP contribution in [0.1, 0.15) is 30.0 Å². The Hall–Kier alpha value is -3.81. The molecule has 35 heavy (non-hydrogen) atoms. The lowest BCUT2D eigenvalue weighted by Crippen LogP contribution is -2.52. The van der Waals surface area contributed by atoms with E-state index in [-0.39, 0.29) is 0 Å². The molecular weight excluding hydrogens is 468 g/mol. The van der Waals surface area contributed by atoms with E-state index in [1.807, 2.05) is 0 Å². The van der Waals surface area contributed by atoms with Crippen molar-refractivity contribution in [2.75, 3.05) is 26.2 Å². The molecule has 0 spiro atoms. The molecule has 0 aliphatic heterocycles. The van der Waals surface area contributed by atoms with E-state index in [0.29, 0.717) is 5.56 Å². The van der Waals surface area contributed by atoms with E-state index >= 15 is 0 Å². The van der Waals surface area contributed by atoms with Gasteiger partial charge in [0.15, 0.2) is 0 Å². The van der Waals surface area contributed by atoms with Gasteiger partial charge in [-0.1, -0.05) is 36.9 Å². The molecule has 0 aliphatic carbocycles. The topological polar surface area (TPSA) is 213 Å². The number of aliphatic hydroxyl groups excluding tert-OH is 1. The fourth-order valence-corrected chi connectivity index (χ4v) is 3.60. The van der Waals surface area contributed by atoms with Gasteiger partial charge in [-0.2, -0.15) is 0 Å². The molecule has 0 saturated carbocycles. The predicted octanol–water partition coefficient (Wildman–Crippen LogP) is -0.0926. The van der Waals surface area contributed by atoms with Crippen LogP contribution in [-0.4, -0.2) is 109 Å². The van der Waals surface area contributed by atoms with Crippen molar-refractivity contribution in [3.05, 3.63) is 42.0 Å². The van der Waals surface area contributed by atoms with Crippen molar-refractivity contribution in [2.24, 2.45) is 0 Å². The van der Waals surface area contributed by atoms with Crippen molar-refractivity contribution in [2.45, 2.75) is 31.0 Å². The Morgan fingerprint density at radius 2 is 1.31 bits per heavy atom. The molecule has 0 radical (unpaired) electrons. The first-order valence-corrected chi connectivity index (χ1v) is 10.3. The van der Waals surface area contributed by atoms with Crippen molar-refractivity contribution in [1.29, 1.82) is 0 Å². The largest absolute Gasteiger partial charge is 0.481 e. The van der Waals surface area contributed by atoms with Gasteiger partial charge in [0.25, 0.3) is 0 Å². The number of carbonyl (C=O) groups is 5. The second-order valence-corrected chi connectivity index (χ2v) is 7.57. The maximum Gasteiger partial charge on any atom is 0.321 e. The van der Waals surface area contributed by atoms with Gasteiger partial charge in [0.1, 0.15) is 12.1 Å². The third-order valence-electron chi connectivity index (χ3n) is 5.26.